The van der Waals surface area contributed by atoms with Crippen molar-refractivity contribution in [3.63, 3.8) is 0 Å². The van der Waals surface area contributed by atoms with Gasteiger partial charge in [0.15, 0.2) is 0 Å². The lowest BCUT2D eigenvalue weighted by atomic mass is 9.75. The molecule has 4 nitrogen and oxygen atoms in total. The van der Waals surface area contributed by atoms with Crippen molar-refractivity contribution in [1.29, 1.82) is 0 Å². The second kappa shape index (κ2) is 6.06. The first-order chi connectivity index (χ1) is 9.07. The summed E-state index contributed by atoms with van der Waals surface area (Å²) in [7, 11) is 2.23. The molecule has 108 valence electrons. The summed E-state index contributed by atoms with van der Waals surface area (Å²) >= 11 is 0. The maximum Gasteiger partial charge on any atom is 0.105 e. The van der Waals surface area contributed by atoms with Crippen LogP contribution in [-0.4, -0.2) is 40.1 Å². The SMILES string of the molecule is Cc1nccn1CCN(C)C1(CN)CCCC(C)C1. The van der Waals surface area contributed by atoms with Crippen molar-refractivity contribution in [2.24, 2.45) is 11.7 Å². The third kappa shape index (κ3) is 3.18. The van der Waals surface area contributed by atoms with Crippen LogP contribution in [-0.2, 0) is 6.54 Å². The molecule has 4 heteroatoms. The molecule has 1 saturated carbocycles. The summed E-state index contributed by atoms with van der Waals surface area (Å²) in [5.41, 5.74) is 6.33. The predicted molar refractivity (Wildman–Crippen MR) is 79.0 cm³/mol. The van der Waals surface area contributed by atoms with Gasteiger partial charge in [0, 0.05) is 37.6 Å². The summed E-state index contributed by atoms with van der Waals surface area (Å²) in [6, 6.07) is 0. The van der Waals surface area contributed by atoms with E-state index < -0.39 is 0 Å². The highest BCUT2D eigenvalue weighted by Crippen LogP contribution is 2.35. The van der Waals surface area contributed by atoms with Crippen LogP contribution in [0.4, 0.5) is 0 Å². The second-order valence-electron chi connectivity index (χ2n) is 6.22. The van der Waals surface area contributed by atoms with Crippen molar-refractivity contribution >= 4 is 0 Å². The number of hydrogen-bond acceptors (Lipinski definition) is 3. The van der Waals surface area contributed by atoms with Gasteiger partial charge in [0.1, 0.15) is 5.82 Å². The van der Waals surface area contributed by atoms with Crippen molar-refractivity contribution in [3.05, 3.63) is 18.2 Å². The number of nitrogens with zero attached hydrogens (tertiary/aromatic N) is 3. The molecule has 1 aromatic heterocycles. The number of aryl methyl sites for hydroxylation is 1. The van der Waals surface area contributed by atoms with Gasteiger partial charge in [-0.15, -0.1) is 0 Å². The Labute approximate surface area is 117 Å². The average Bonchev–Trinajstić information content (AvgIpc) is 2.81. The Morgan fingerprint density at radius 2 is 2.37 bits per heavy atom. The van der Waals surface area contributed by atoms with Crippen LogP contribution in [0.25, 0.3) is 0 Å². The maximum absolute atomic E-state index is 6.12. The molecule has 0 bridgehead atoms. The van der Waals surface area contributed by atoms with Crippen LogP contribution in [0.1, 0.15) is 38.4 Å². The molecular weight excluding hydrogens is 236 g/mol. The molecule has 0 saturated heterocycles. The van der Waals surface area contributed by atoms with Gasteiger partial charge in [-0.3, -0.25) is 4.90 Å². The van der Waals surface area contributed by atoms with E-state index in [4.69, 9.17) is 5.73 Å². The minimum Gasteiger partial charge on any atom is -0.334 e. The normalized spacial score (nSPS) is 27.9. The molecule has 19 heavy (non-hydrogen) atoms. The van der Waals surface area contributed by atoms with Gasteiger partial charge in [-0.2, -0.15) is 0 Å². The van der Waals surface area contributed by atoms with Crippen LogP contribution < -0.4 is 5.73 Å². The Balaban J connectivity index is 1.97. The molecule has 1 heterocycles. The Morgan fingerprint density at radius 1 is 1.58 bits per heavy atom. The third-order valence-corrected chi connectivity index (χ3v) is 4.86. The molecule has 0 radical (unpaired) electrons. The van der Waals surface area contributed by atoms with Crippen molar-refractivity contribution in [2.75, 3.05) is 20.1 Å². The van der Waals surface area contributed by atoms with E-state index in [1.807, 2.05) is 6.20 Å². The van der Waals surface area contributed by atoms with Gasteiger partial charge in [0.25, 0.3) is 0 Å². The van der Waals surface area contributed by atoms with E-state index in [9.17, 15) is 0 Å². The fraction of sp³-hybridized carbons (Fsp3) is 0.800. The number of nitrogens with two attached hydrogens (primary N) is 1. The number of aromatic nitrogens is 2. The van der Waals surface area contributed by atoms with Crippen LogP contribution in [0.5, 0.6) is 0 Å². The lowest BCUT2D eigenvalue weighted by Gasteiger charge is -2.46. The number of rotatable bonds is 5. The van der Waals surface area contributed by atoms with Crippen LogP contribution in [0.3, 0.4) is 0 Å². The summed E-state index contributed by atoms with van der Waals surface area (Å²) in [6.45, 7) is 7.23. The van der Waals surface area contributed by atoms with E-state index in [0.717, 1.165) is 31.4 Å². The van der Waals surface area contributed by atoms with E-state index in [1.54, 1.807) is 0 Å². The molecule has 0 amide bonds. The monoisotopic (exact) mass is 264 g/mol. The van der Waals surface area contributed by atoms with E-state index in [0.29, 0.717) is 0 Å². The number of imidazole rings is 1. The van der Waals surface area contributed by atoms with Crippen LogP contribution in [0.15, 0.2) is 12.4 Å². The molecule has 1 aromatic rings. The molecular formula is C15H28N4. The van der Waals surface area contributed by atoms with E-state index in [-0.39, 0.29) is 5.54 Å². The smallest absolute Gasteiger partial charge is 0.105 e. The predicted octanol–water partition coefficient (Wildman–Crippen LogP) is 2.03. The van der Waals surface area contributed by atoms with Gasteiger partial charge in [0.2, 0.25) is 0 Å². The van der Waals surface area contributed by atoms with Gasteiger partial charge in [-0.25, -0.2) is 4.98 Å². The minimum absolute atomic E-state index is 0.214. The standard InChI is InChI=1S/C15H28N4/c1-13-5-4-6-15(11-13,12-16)18(3)9-10-19-8-7-17-14(19)2/h7-8,13H,4-6,9-12,16H2,1-3H3. The summed E-state index contributed by atoms with van der Waals surface area (Å²) in [6.07, 6.45) is 9.08. The first-order valence-corrected chi connectivity index (χ1v) is 7.46. The van der Waals surface area contributed by atoms with Gasteiger partial charge >= 0.3 is 0 Å². The highest BCUT2D eigenvalue weighted by molar-refractivity contribution is 4.95. The molecule has 0 aliphatic heterocycles. The van der Waals surface area contributed by atoms with Crippen molar-refractivity contribution in [2.45, 2.75) is 51.6 Å². The molecule has 2 atom stereocenters. The van der Waals surface area contributed by atoms with Crippen LogP contribution >= 0.6 is 0 Å². The zero-order valence-electron chi connectivity index (χ0n) is 12.6. The number of hydrogen-bond donors (Lipinski definition) is 1. The second-order valence-corrected chi connectivity index (χ2v) is 6.22. The Hall–Kier alpha value is -0.870. The zero-order chi connectivity index (χ0) is 13.9. The Kier molecular flexibility index (Phi) is 4.63. The average molecular weight is 264 g/mol. The maximum atomic E-state index is 6.12. The topological polar surface area (TPSA) is 47.1 Å². The van der Waals surface area contributed by atoms with E-state index in [1.165, 1.54) is 25.7 Å². The summed E-state index contributed by atoms with van der Waals surface area (Å²) < 4.78 is 2.22. The summed E-state index contributed by atoms with van der Waals surface area (Å²) in [4.78, 5) is 6.76. The number of likely N-dealkylation sites (N-methyl/N-ethyl adjacent to an activating group) is 1. The minimum atomic E-state index is 0.214. The molecule has 1 aliphatic rings. The summed E-state index contributed by atoms with van der Waals surface area (Å²) in [5.74, 6) is 1.89. The van der Waals surface area contributed by atoms with Crippen molar-refractivity contribution in [1.82, 2.24) is 14.5 Å². The third-order valence-electron chi connectivity index (χ3n) is 4.86. The fourth-order valence-corrected chi connectivity index (χ4v) is 3.46. The van der Waals surface area contributed by atoms with Gasteiger partial charge in [-0.1, -0.05) is 19.8 Å². The van der Waals surface area contributed by atoms with Crippen LogP contribution in [0.2, 0.25) is 0 Å². The molecule has 1 aliphatic carbocycles. The zero-order valence-corrected chi connectivity index (χ0v) is 12.6. The lowest BCUT2D eigenvalue weighted by molar-refractivity contribution is 0.0587. The van der Waals surface area contributed by atoms with Gasteiger partial charge in [0.05, 0.1) is 0 Å². The quantitative estimate of drug-likeness (QED) is 0.885. The Morgan fingerprint density at radius 3 is 2.95 bits per heavy atom. The fourth-order valence-electron chi connectivity index (χ4n) is 3.46. The molecule has 0 spiro atoms. The van der Waals surface area contributed by atoms with Crippen LogP contribution in [0, 0.1) is 12.8 Å². The molecule has 2 N–H and O–H groups in total. The largest absolute Gasteiger partial charge is 0.334 e. The first-order valence-electron chi connectivity index (χ1n) is 7.46. The highest BCUT2D eigenvalue weighted by Gasteiger charge is 2.36. The molecule has 2 rings (SSSR count). The van der Waals surface area contributed by atoms with E-state index >= 15 is 0 Å². The van der Waals surface area contributed by atoms with Crippen molar-refractivity contribution < 1.29 is 0 Å². The lowest BCUT2D eigenvalue weighted by Crippen LogP contribution is -2.55. The van der Waals surface area contributed by atoms with E-state index in [2.05, 4.69) is 41.5 Å². The molecule has 0 aromatic carbocycles. The summed E-state index contributed by atoms with van der Waals surface area (Å²) in [5, 5.41) is 0. The molecule has 1 fully saturated rings. The van der Waals surface area contributed by atoms with Crippen molar-refractivity contribution in [3.8, 4) is 0 Å². The van der Waals surface area contributed by atoms with Gasteiger partial charge in [-0.05, 0) is 32.7 Å². The highest BCUT2D eigenvalue weighted by atomic mass is 15.2. The first kappa shape index (κ1) is 14.5. The molecule has 2 unspecified atom stereocenters. The Bertz CT molecular complexity index is 401. The van der Waals surface area contributed by atoms with Gasteiger partial charge < -0.3 is 10.3 Å².